The van der Waals surface area contributed by atoms with Gasteiger partial charge in [-0.25, -0.2) is 9.67 Å². The summed E-state index contributed by atoms with van der Waals surface area (Å²) in [6, 6.07) is 11.7. The lowest BCUT2D eigenvalue weighted by atomic mass is 10.1. The van der Waals surface area contributed by atoms with Gasteiger partial charge in [0, 0.05) is 35.6 Å². The summed E-state index contributed by atoms with van der Waals surface area (Å²) in [4.78, 5) is 14.5. The Morgan fingerprint density at radius 2 is 1.93 bits per heavy atom. The third-order valence-electron chi connectivity index (χ3n) is 4.19. The molecule has 0 aliphatic rings. The minimum absolute atomic E-state index is 0.0234. The second kappa shape index (κ2) is 7.59. The van der Waals surface area contributed by atoms with E-state index in [-0.39, 0.29) is 5.69 Å². The number of nitrogens with one attached hydrogen (secondary N) is 1. The number of pyridine rings is 1. The first-order valence-electron chi connectivity index (χ1n) is 8.80. The van der Waals surface area contributed by atoms with Gasteiger partial charge in [-0.1, -0.05) is 0 Å². The van der Waals surface area contributed by atoms with Gasteiger partial charge in [0.1, 0.15) is 23.1 Å². The van der Waals surface area contributed by atoms with E-state index in [2.05, 4.69) is 21.5 Å². The molecule has 3 aromatic rings. The van der Waals surface area contributed by atoms with E-state index in [0.29, 0.717) is 34.2 Å². The second-order valence-electron chi connectivity index (χ2n) is 7.28. The van der Waals surface area contributed by atoms with Gasteiger partial charge in [0.2, 0.25) is 5.88 Å². The van der Waals surface area contributed by atoms with Crippen LogP contribution in [0.2, 0.25) is 0 Å². The number of anilines is 2. The lowest BCUT2D eigenvalue weighted by Crippen LogP contribution is -2.24. The Morgan fingerprint density at radius 1 is 1.24 bits per heavy atom. The highest BCUT2D eigenvalue weighted by Gasteiger charge is 2.26. The van der Waals surface area contributed by atoms with Gasteiger partial charge in [-0.2, -0.15) is 10.4 Å². The van der Waals surface area contributed by atoms with Gasteiger partial charge in [-0.15, -0.1) is 0 Å². The molecule has 2 aromatic heterocycles. The SMILES string of the molecule is COc1cc(Nc2c(C#N)c(-c3ccc([N+](=O)[O-])cc3)nn2C(C)(C)C)ccn1. The molecule has 0 bridgehead atoms. The Labute approximate surface area is 167 Å². The summed E-state index contributed by atoms with van der Waals surface area (Å²) in [5, 5.41) is 28.7. The molecule has 29 heavy (non-hydrogen) atoms. The third kappa shape index (κ3) is 4.01. The fraction of sp³-hybridized carbons (Fsp3) is 0.250. The van der Waals surface area contributed by atoms with Gasteiger partial charge in [0.25, 0.3) is 5.69 Å². The largest absolute Gasteiger partial charge is 0.481 e. The minimum atomic E-state index is -0.466. The van der Waals surface area contributed by atoms with Crippen LogP contribution in [-0.4, -0.2) is 26.8 Å². The molecular formula is C20H20N6O3. The van der Waals surface area contributed by atoms with Crippen molar-refractivity contribution in [3.63, 3.8) is 0 Å². The molecule has 0 amide bonds. The van der Waals surface area contributed by atoms with E-state index in [0.717, 1.165) is 0 Å². The summed E-state index contributed by atoms with van der Waals surface area (Å²) < 4.78 is 6.89. The summed E-state index contributed by atoms with van der Waals surface area (Å²) in [6.07, 6.45) is 1.60. The molecule has 0 aliphatic carbocycles. The van der Waals surface area contributed by atoms with Crippen LogP contribution in [-0.2, 0) is 5.54 Å². The molecule has 0 unspecified atom stereocenters. The molecule has 1 N–H and O–H groups in total. The zero-order valence-corrected chi connectivity index (χ0v) is 16.5. The highest BCUT2D eigenvalue weighted by atomic mass is 16.6. The van der Waals surface area contributed by atoms with Crippen LogP contribution in [0, 0.1) is 21.4 Å². The van der Waals surface area contributed by atoms with Crippen LogP contribution < -0.4 is 10.1 Å². The van der Waals surface area contributed by atoms with Crippen molar-refractivity contribution in [2.24, 2.45) is 0 Å². The third-order valence-corrected chi connectivity index (χ3v) is 4.19. The van der Waals surface area contributed by atoms with E-state index in [1.54, 1.807) is 35.1 Å². The van der Waals surface area contributed by atoms with E-state index >= 15 is 0 Å². The molecule has 9 heteroatoms. The molecule has 148 valence electrons. The van der Waals surface area contributed by atoms with Crippen molar-refractivity contribution in [1.82, 2.24) is 14.8 Å². The number of hydrogen-bond acceptors (Lipinski definition) is 7. The number of nitro groups is 1. The maximum Gasteiger partial charge on any atom is 0.269 e. The molecule has 0 fully saturated rings. The highest BCUT2D eigenvalue weighted by molar-refractivity contribution is 5.77. The zero-order chi connectivity index (χ0) is 21.2. The molecule has 0 saturated heterocycles. The summed E-state index contributed by atoms with van der Waals surface area (Å²) in [7, 11) is 1.53. The summed E-state index contributed by atoms with van der Waals surface area (Å²) >= 11 is 0. The number of rotatable bonds is 5. The molecule has 0 radical (unpaired) electrons. The van der Waals surface area contributed by atoms with E-state index in [4.69, 9.17) is 4.74 Å². The van der Waals surface area contributed by atoms with Crippen molar-refractivity contribution in [1.29, 1.82) is 5.26 Å². The fourth-order valence-electron chi connectivity index (χ4n) is 2.80. The summed E-state index contributed by atoms with van der Waals surface area (Å²) in [6.45, 7) is 5.91. The molecule has 9 nitrogen and oxygen atoms in total. The molecule has 3 rings (SSSR count). The number of nitro benzene ring substituents is 1. The number of nitriles is 1. The normalized spacial score (nSPS) is 11.0. The topological polar surface area (TPSA) is 119 Å². The van der Waals surface area contributed by atoms with Crippen LogP contribution in [0.3, 0.4) is 0 Å². The second-order valence-corrected chi connectivity index (χ2v) is 7.28. The van der Waals surface area contributed by atoms with Crippen LogP contribution in [0.25, 0.3) is 11.3 Å². The zero-order valence-electron chi connectivity index (χ0n) is 16.5. The maximum absolute atomic E-state index is 10.9. The average molecular weight is 392 g/mol. The predicted molar refractivity (Wildman–Crippen MR) is 108 cm³/mol. The number of non-ortho nitro benzene ring substituents is 1. The van der Waals surface area contributed by atoms with Crippen molar-refractivity contribution >= 4 is 17.2 Å². The Balaban J connectivity index is 2.14. The average Bonchev–Trinajstić information content (AvgIpc) is 3.06. The van der Waals surface area contributed by atoms with Gasteiger partial charge >= 0.3 is 0 Å². The van der Waals surface area contributed by atoms with Gasteiger partial charge in [0.05, 0.1) is 17.6 Å². The molecule has 0 atom stereocenters. The molecular weight excluding hydrogens is 372 g/mol. The lowest BCUT2D eigenvalue weighted by Gasteiger charge is -2.23. The fourth-order valence-corrected chi connectivity index (χ4v) is 2.80. The number of nitrogens with zero attached hydrogens (tertiary/aromatic N) is 5. The van der Waals surface area contributed by atoms with E-state index in [1.165, 1.54) is 19.2 Å². The molecule has 2 heterocycles. The van der Waals surface area contributed by atoms with Crippen LogP contribution in [0.5, 0.6) is 5.88 Å². The maximum atomic E-state index is 10.9. The number of aromatic nitrogens is 3. The smallest absolute Gasteiger partial charge is 0.269 e. The summed E-state index contributed by atoms with van der Waals surface area (Å²) in [5.74, 6) is 0.951. The first kappa shape index (κ1) is 19.8. The van der Waals surface area contributed by atoms with Crippen LogP contribution >= 0.6 is 0 Å². The Kier molecular flexibility index (Phi) is 5.19. The number of hydrogen-bond donors (Lipinski definition) is 1. The van der Waals surface area contributed by atoms with Gasteiger partial charge < -0.3 is 10.1 Å². The minimum Gasteiger partial charge on any atom is -0.481 e. The monoisotopic (exact) mass is 392 g/mol. The van der Waals surface area contributed by atoms with Crippen LogP contribution in [0.1, 0.15) is 26.3 Å². The van der Waals surface area contributed by atoms with Crippen LogP contribution in [0.15, 0.2) is 42.6 Å². The molecule has 0 saturated carbocycles. The Bertz CT molecular complexity index is 1090. The van der Waals surface area contributed by atoms with E-state index in [1.807, 2.05) is 20.8 Å². The molecule has 0 aliphatic heterocycles. The van der Waals surface area contributed by atoms with Crippen molar-refractivity contribution < 1.29 is 9.66 Å². The number of methoxy groups -OCH3 is 1. The first-order chi connectivity index (χ1) is 13.7. The predicted octanol–water partition coefficient (Wildman–Crippen LogP) is 4.23. The summed E-state index contributed by atoms with van der Waals surface area (Å²) in [5.41, 5.74) is 1.64. The molecule has 1 aromatic carbocycles. The van der Waals surface area contributed by atoms with Crippen molar-refractivity contribution in [3.05, 3.63) is 58.3 Å². The van der Waals surface area contributed by atoms with E-state index < -0.39 is 10.5 Å². The van der Waals surface area contributed by atoms with Gasteiger partial charge in [-0.3, -0.25) is 10.1 Å². The standard InChI is InChI=1S/C20H20N6O3/c1-20(2,3)25-19(23-14-9-10-22-17(11-14)29-4)16(12-21)18(24-25)13-5-7-15(8-6-13)26(27)28/h5-11H,1-4H3,(H,22,23). The Hall–Kier alpha value is -3.93. The molecule has 0 spiro atoms. The van der Waals surface area contributed by atoms with Crippen molar-refractivity contribution in [2.75, 3.05) is 12.4 Å². The number of ether oxygens (including phenoxy) is 1. The van der Waals surface area contributed by atoms with Crippen molar-refractivity contribution in [3.8, 4) is 23.2 Å². The van der Waals surface area contributed by atoms with Gasteiger partial charge in [-0.05, 0) is 39.0 Å². The first-order valence-corrected chi connectivity index (χ1v) is 8.80. The quantitative estimate of drug-likeness (QED) is 0.509. The van der Waals surface area contributed by atoms with Crippen molar-refractivity contribution in [2.45, 2.75) is 26.3 Å². The highest BCUT2D eigenvalue weighted by Crippen LogP contribution is 2.34. The lowest BCUT2D eigenvalue weighted by molar-refractivity contribution is -0.384. The van der Waals surface area contributed by atoms with Gasteiger partial charge in [0.15, 0.2) is 0 Å². The van der Waals surface area contributed by atoms with Crippen LogP contribution in [0.4, 0.5) is 17.2 Å². The Morgan fingerprint density at radius 3 is 2.48 bits per heavy atom. The number of benzene rings is 1. The van der Waals surface area contributed by atoms with E-state index in [9.17, 15) is 15.4 Å².